The number of ether oxygens (including phenoxy) is 1. The predicted molar refractivity (Wildman–Crippen MR) is 54.8 cm³/mol. The van der Waals surface area contributed by atoms with E-state index in [4.69, 9.17) is 12.6 Å². The minimum absolute atomic E-state index is 0.126. The highest BCUT2D eigenvalue weighted by molar-refractivity contribution is 6.08. The molecule has 0 rings (SSSR count). The van der Waals surface area contributed by atoms with Crippen LogP contribution in [0.25, 0.3) is 0 Å². The van der Waals surface area contributed by atoms with E-state index >= 15 is 0 Å². The normalized spacial score (nSPS) is 12.9. The second kappa shape index (κ2) is 6.99. The van der Waals surface area contributed by atoms with E-state index in [0.29, 0.717) is 25.3 Å². The minimum Gasteiger partial charge on any atom is -0.466 e. The van der Waals surface area contributed by atoms with Gasteiger partial charge in [0.1, 0.15) is 0 Å². The first-order valence-electron chi connectivity index (χ1n) is 4.95. The van der Waals surface area contributed by atoms with Crippen molar-refractivity contribution in [2.75, 3.05) is 6.61 Å². The molecule has 1 atom stereocenters. The Hall–Kier alpha value is -0.465. The van der Waals surface area contributed by atoms with Crippen LogP contribution in [0, 0.1) is 11.8 Å². The van der Waals surface area contributed by atoms with Gasteiger partial charge in [-0.3, -0.25) is 4.79 Å². The Labute approximate surface area is 82.5 Å². The number of carbonyl (C=O) groups is 1. The number of carbonyl (C=O) groups excluding carboxylic acids is 1. The lowest BCUT2D eigenvalue weighted by atomic mass is 9.83. The molecule has 3 heteroatoms. The summed E-state index contributed by atoms with van der Waals surface area (Å²) < 4.78 is 4.86. The maximum Gasteiger partial charge on any atom is 0.306 e. The first kappa shape index (κ1) is 12.5. The summed E-state index contributed by atoms with van der Waals surface area (Å²) in [5.41, 5.74) is 0. The molecular weight excluding hydrogens is 163 g/mol. The highest BCUT2D eigenvalue weighted by Gasteiger charge is 2.13. The molecule has 0 aromatic heterocycles. The molecule has 0 spiro atoms. The highest BCUT2D eigenvalue weighted by Crippen LogP contribution is 2.18. The van der Waals surface area contributed by atoms with E-state index in [1.807, 2.05) is 6.92 Å². The molecule has 0 aliphatic carbocycles. The van der Waals surface area contributed by atoms with Crippen LogP contribution in [-0.2, 0) is 9.53 Å². The molecule has 2 nitrogen and oxygen atoms in total. The lowest BCUT2D eigenvalue weighted by Gasteiger charge is -2.15. The summed E-state index contributed by atoms with van der Waals surface area (Å²) in [4.78, 5) is 11.1. The molecule has 0 amide bonds. The molecule has 0 bridgehead atoms. The van der Waals surface area contributed by atoms with Crippen molar-refractivity contribution in [3.63, 3.8) is 0 Å². The Kier molecular flexibility index (Phi) is 6.74. The van der Waals surface area contributed by atoms with E-state index in [1.165, 1.54) is 0 Å². The van der Waals surface area contributed by atoms with Crippen LogP contribution in [0.15, 0.2) is 0 Å². The average molecular weight is 182 g/mol. The van der Waals surface area contributed by atoms with Crippen LogP contribution in [0.3, 0.4) is 0 Å². The molecule has 0 fully saturated rings. The van der Waals surface area contributed by atoms with Crippen LogP contribution < -0.4 is 0 Å². The molecule has 74 valence electrons. The van der Waals surface area contributed by atoms with Gasteiger partial charge >= 0.3 is 5.97 Å². The minimum atomic E-state index is -0.126. The van der Waals surface area contributed by atoms with Crippen LogP contribution in [-0.4, -0.2) is 20.4 Å². The lowest BCUT2D eigenvalue weighted by molar-refractivity contribution is -0.144. The molecule has 0 aliphatic rings. The number of esters is 1. The Morgan fingerprint density at radius 2 is 2.08 bits per heavy atom. The first-order valence-corrected chi connectivity index (χ1v) is 4.95. The number of rotatable bonds is 6. The van der Waals surface area contributed by atoms with Gasteiger partial charge in [-0.1, -0.05) is 20.2 Å². The maximum absolute atomic E-state index is 11.1. The molecule has 0 aromatic carbocycles. The average Bonchev–Trinajstić information content (AvgIpc) is 2.02. The third-order valence-electron chi connectivity index (χ3n) is 1.90. The molecule has 1 unspecified atom stereocenters. The van der Waals surface area contributed by atoms with Gasteiger partial charge in [0, 0.05) is 6.42 Å². The van der Waals surface area contributed by atoms with Crippen LogP contribution in [0.5, 0.6) is 0 Å². The number of hydrogen-bond acceptors (Lipinski definition) is 2. The summed E-state index contributed by atoms with van der Waals surface area (Å²) in [6.07, 6.45) is 2.02. The fourth-order valence-electron chi connectivity index (χ4n) is 1.39. The van der Waals surface area contributed by atoms with Crippen LogP contribution in [0.2, 0.25) is 6.32 Å². The van der Waals surface area contributed by atoms with Gasteiger partial charge in [0.05, 0.1) is 14.5 Å². The number of hydrogen-bond donors (Lipinski definition) is 0. The molecule has 0 aliphatic heterocycles. The van der Waals surface area contributed by atoms with Crippen molar-refractivity contribution >= 4 is 13.8 Å². The van der Waals surface area contributed by atoms with E-state index in [2.05, 4.69) is 13.8 Å². The summed E-state index contributed by atoms with van der Waals surface area (Å²) >= 11 is 0. The van der Waals surface area contributed by atoms with Gasteiger partial charge in [-0.2, -0.15) is 0 Å². The largest absolute Gasteiger partial charge is 0.466 e. The van der Waals surface area contributed by atoms with Crippen molar-refractivity contribution in [3.8, 4) is 0 Å². The van der Waals surface area contributed by atoms with Crippen molar-refractivity contribution in [3.05, 3.63) is 0 Å². The molecule has 0 heterocycles. The smallest absolute Gasteiger partial charge is 0.306 e. The van der Waals surface area contributed by atoms with Crippen molar-refractivity contribution < 1.29 is 9.53 Å². The molecule has 0 saturated carbocycles. The summed E-state index contributed by atoms with van der Waals surface area (Å²) in [7, 11) is 5.56. The molecular formula is C10H19BO2. The standard InChI is InChI=1S/C10H19BO2/c1-4-13-10(12)6-9(7-11)5-8(2)3/h8-9H,4-7H2,1-3H3. The van der Waals surface area contributed by atoms with Crippen molar-refractivity contribution in [2.45, 2.75) is 39.9 Å². The summed E-state index contributed by atoms with van der Waals surface area (Å²) in [6.45, 7) is 6.54. The van der Waals surface area contributed by atoms with Crippen molar-refractivity contribution in [2.24, 2.45) is 11.8 Å². The quantitative estimate of drug-likeness (QED) is 0.464. The van der Waals surface area contributed by atoms with E-state index in [-0.39, 0.29) is 11.9 Å². The van der Waals surface area contributed by atoms with Crippen molar-refractivity contribution in [1.29, 1.82) is 0 Å². The zero-order chi connectivity index (χ0) is 10.3. The maximum atomic E-state index is 11.1. The van der Waals surface area contributed by atoms with Gasteiger partial charge in [0.15, 0.2) is 0 Å². The Morgan fingerprint density at radius 3 is 2.46 bits per heavy atom. The van der Waals surface area contributed by atoms with E-state index in [1.54, 1.807) is 0 Å². The second-order valence-corrected chi connectivity index (χ2v) is 3.74. The van der Waals surface area contributed by atoms with Gasteiger partial charge in [0.2, 0.25) is 0 Å². The molecule has 0 saturated heterocycles. The van der Waals surface area contributed by atoms with E-state index in [9.17, 15) is 4.79 Å². The fraction of sp³-hybridized carbons (Fsp3) is 0.900. The predicted octanol–water partition coefficient (Wildman–Crippen LogP) is 2.19. The van der Waals surface area contributed by atoms with E-state index < -0.39 is 0 Å². The van der Waals surface area contributed by atoms with Gasteiger partial charge in [-0.15, -0.1) is 0 Å². The summed E-state index contributed by atoms with van der Waals surface area (Å²) in [6, 6.07) is 0. The molecule has 13 heavy (non-hydrogen) atoms. The zero-order valence-corrected chi connectivity index (χ0v) is 8.88. The van der Waals surface area contributed by atoms with Gasteiger partial charge in [-0.05, 0) is 25.2 Å². The van der Waals surface area contributed by atoms with Crippen molar-refractivity contribution in [1.82, 2.24) is 0 Å². The van der Waals surface area contributed by atoms with Crippen LogP contribution >= 0.6 is 0 Å². The third-order valence-corrected chi connectivity index (χ3v) is 1.90. The van der Waals surface area contributed by atoms with Gasteiger partial charge in [0.25, 0.3) is 0 Å². The van der Waals surface area contributed by atoms with Crippen LogP contribution in [0.1, 0.15) is 33.6 Å². The topological polar surface area (TPSA) is 26.3 Å². The monoisotopic (exact) mass is 182 g/mol. The highest BCUT2D eigenvalue weighted by atomic mass is 16.5. The Balaban J connectivity index is 3.76. The fourth-order valence-corrected chi connectivity index (χ4v) is 1.39. The third kappa shape index (κ3) is 6.67. The Bertz CT molecular complexity index is 146. The van der Waals surface area contributed by atoms with E-state index in [0.717, 1.165) is 6.42 Å². The SMILES string of the molecule is [B]CC(CC(=O)OCC)CC(C)C. The lowest BCUT2D eigenvalue weighted by Crippen LogP contribution is -2.13. The molecule has 0 aromatic rings. The van der Waals surface area contributed by atoms with Gasteiger partial charge < -0.3 is 4.74 Å². The molecule has 2 radical (unpaired) electrons. The Morgan fingerprint density at radius 1 is 1.46 bits per heavy atom. The zero-order valence-electron chi connectivity index (χ0n) is 8.88. The second-order valence-electron chi connectivity index (χ2n) is 3.74. The summed E-state index contributed by atoms with van der Waals surface area (Å²) in [5.74, 6) is 0.737. The summed E-state index contributed by atoms with van der Waals surface area (Å²) in [5, 5.41) is 0. The van der Waals surface area contributed by atoms with Crippen LogP contribution in [0.4, 0.5) is 0 Å². The van der Waals surface area contributed by atoms with Gasteiger partial charge in [-0.25, -0.2) is 0 Å². The first-order chi connectivity index (χ1) is 6.10. The molecule has 0 N–H and O–H groups in total.